The van der Waals surface area contributed by atoms with Gasteiger partial charge in [0.1, 0.15) is 5.75 Å². The molecule has 1 aromatic heterocycles. The summed E-state index contributed by atoms with van der Waals surface area (Å²) in [5, 5.41) is 8.33. The summed E-state index contributed by atoms with van der Waals surface area (Å²) in [6.07, 6.45) is 1.98. The molecule has 0 spiro atoms. The van der Waals surface area contributed by atoms with Crippen LogP contribution >= 0.6 is 0 Å². The molecule has 4 nitrogen and oxygen atoms in total. The quantitative estimate of drug-likeness (QED) is 0.860. The molecule has 1 aromatic carbocycles. The number of hydrogen-bond donors (Lipinski definition) is 0. The molecule has 112 valence electrons. The van der Waals surface area contributed by atoms with E-state index in [0.717, 1.165) is 22.7 Å². The van der Waals surface area contributed by atoms with Gasteiger partial charge in [0.15, 0.2) is 5.82 Å². The summed E-state index contributed by atoms with van der Waals surface area (Å²) in [7, 11) is 3.97. The van der Waals surface area contributed by atoms with E-state index in [1.54, 1.807) is 6.20 Å². The van der Waals surface area contributed by atoms with Gasteiger partial charge < -0.3 is 9.64 Å². The third kappa shape index (κ3) is 3.32. The summed E-state index contributed by atoms with van der Waals surface area (Å²) in [5.74, 6) is 1.79. The molecule has 0 aliphatic carbocycles. The predicted molar refractivity (Wildman–Crippen MR) is 87.0 cm³/mol. The van der Waals surface area contributed by atoms with Crippen LogP contribution < -0.4 is 9.64 Å². The van der Waals surface area contributed by atoms with E-state index < -0.39 is 0 Å². The van der Waals surface area contributed by atoms with Crippen LogP contribution in [0, 0.1) is 13.8 Å². The standard InChI is InChI=1S/C17H23N3O/c1-11(2)21-14-7-8-15(12(3)9-14)16-13(4)10-18-19-17(16)20(5)6/h7-11H,1-6H3. The smallest absolute Gasteiger partial charge is 0.158 e. The topological polar surface area (TPSA) is 38.3 Å². The van der Waals surface area contributed by atoms with E-state index >= 15 is 0 Å². The molecule has 2 aromatic rings. The van der Waals surface area contributed by atoms with Crippen LogP contribution in [0.5, 0.6) is 5.75 Å². The molecule has 21 heavy (non-hydrogen) atoms. The molecule has 1 heterocycles. The van der Waals surface area contributed by atoms with Crippen LogP contribution in [-0.4, -0.2) is 30.4 Å². The summed E-state index contributed by atoms with van der Waals surface area (Å²) in [6.45, 7) is 8.23. The maximum absolute atomic E-state index is 5.76. The number of hydrogen-bond acceptors (Lipinski definition) is 4. The van der Waals surface area contributed by atoms with Gasteiger partial charge in [-0.3, -0.25) is 0 Å². The lowest BCUT2D eigenvalue weighted by Crippen LogP contribution is -2.13. The molecule has 4 heteroatoms. The van der Waals surface area contributed by atoms with Crippen LogP contribution in [0.3, 0.4) is 0 Å². The zero-order chi connectivity index (χ0) is 15.6. The van der Waals surface area contributed by atoms with E-state index in [9.17, 15) is 0 Å². The molecule has 0 atom stereocenters. The summed E-state index contributed by atoms with van der Waals surface area (Å²) >= 11 is 0. The van der Waals surface area contributed by atoms with Gasteiger partial charge in [0.05, 0.1) is 12.3 Å². The Balaban J connectivity index is 2.53. The molecular formula is C17H23N3O. The molecular weight excluding hydrogens is 262 g/mol. The van der Waals surface area contributed by atoms with Crippen molar-refractivity contribution < 1.29 is 4.74 Å². The molecule has 0 fully saturated rings. The van der Waals surface area contributed by atoms with Crippen molar-refractivity contribution in [1.29, 1.82) is 0 Å². The van der Waals surface area contributed by atoms with Crippen molar-refractivity contribution in [2.24, 2.45) is 0 Å². The highest BCUT2D eigenvalue weighted by Crippen LogP contribution is 2.34. The maximum Gasteiger partial charge on any atom is 0.158 e. The first-order valence-electron chi connectivity index (χ1n) is 7.17. The van der Waals surface area contributed by atoms with Gasteiger partial charge in [-0.1, -0.05) is 6.07 Å². The Morgan fingerprint density at radius 3 is 2.38 bits per heavy atom. The van der Waals surface area contributed by atoms with Crippen molar-refractivity contribution in [2.45, 2.75) is 33.8 Å². The zero-order valence-corrected chi connectivity index (χ0v) is 13.6. The molecule has 0 radical (unpaired) electrons. The Labute approximate surface area is 126 Å². The van der Waals surface area contributed by atoms with Crippen molar-refractivity contribution in [2.75, 3.05) is 19.0 Å². The second-order valence-electron chi connectivity index (χ2n) is 5.76. The molecule has 0 saturated carbocycles. The molecule has 2 rings (SSSR count). The lowest BCUT2D eigenvalue weighted by atomic mass is 9.97. The van der Waals surface area contributed by atoms with Gasteiger partial charge in [-0.15, -0.1) is 5.10 Å². The van der Waals surface area contributed by atoms with Gasteiger partial charge in [-0.2, -0.15) is 5.10 Å². The van der Waals surface area contributed by atoms with Gasteiger partial charge in [-0.25, -0.2) is 0 Å². The molecule has 0 saturated heterocycles. The van der Waals surface area contributed by atoms with E-state index in [2.05, 4.69) is 36.2 Å². The fourth-order valence-electron chi connectivity index (χ4n) is 2.37. The third-order valence-electron chi connectivity index (χ3n) is 3.28. The third-order valence-corrected chi connectivity index (χ3v) is 3.28. The van der Waals surface area contributed by atoms with Crippen molar-refractivity contribution in [3.05, 3.63) is 35.5 Å². The summed E-state index contributed by atoms with van der Waals surface area (Å²) < 4.78 is 5.76. The first-order chi connectivity index (χ1) is 9.90. The largest absolute Gasteiger partial charge is 0.491 e. The Hall–Kier alpha value is -2.10. The van der Waals surface area contributed by atoms with Gasteiger partial charge in [0.25, 0.3) is 0 Å². The normalized spacial score (nSPS) is 10.8. The van der Waals surface area contributed by atoms with E-state index in [0.29, 0.717) is 0 Å². The summed E-state index contributed by atoms with van der Waals surface area (Å²) in [4.78, 5) is 1.99. The molecule has 0 N–H and O–H groups in total. The van der Waals surface area contributed by atoms with Crippen LogP contribution in [0.2, 0.25) is 0 Å². The molecule has 0 aliphatic heterocycles. The predicted octanol–water partition coefficient (Wildman–Crippen LogP) is 3.61. The number of anilines is 1. The van der Waals surface area contributed by atoms with Crippen LogP contribution in [-0.2, 0) is 0 Å². The minimum absolute atomic E-state index is 0.178. The second-order valence-corrected chi connectivity index (χ2v) is 5.76. The van der Waals surface area contributed by atoms with E-state index in [1.165, 1.54) is 11.1 Å². The van der Waals surface area contributed by atoms with Crippen molar-refractivity contribution in [3.63, 3.8) is 0 Å². The second kappa shape index (κ2) is 6.12. The minimum atomic E-state index is 0.178. The number of nitrogens with zero attached hydrogens (tertiary/aromatic N) is 3. The van der Waals surface area contributed by atoms with Crippen LogP contribution in [0.25, 0.3) is 11.1 Å². The molecule has 0 aliphatic rings. The van der Waals surface area contributed by atoms with E-state index in [1.807, 2.05) is 38.9 Å². The summed E-state index contributed by atoms with van der Waals surface area (Å²) in [6, 6.07) is 6.19. The number of ether oxygens (including phenoxy) is 1. The van der Waals surface area contributed by atoms with Gasteiger partial charge in [0, 0.05) is 19.7 Å². The highest BCUT2D eigenvalue weighted by Gasteiger charge is 2.15. The first kappa shape index (κ1) is 15.3. The van der Waals surface area contributed by atoms with Crippen LogP contribution in [0.15, 0.2) is 24.4 Å². The number of rotatable bonds is 4. The van der Waals surface area contributed by atoms with Crippen LogP contribution in [0.1, 0.15) is 25.0 Å². The SMILES string of the molecule is Cc1cc(OC(C)C)ccc1-c1c(C)cnnc1N(C)C. The van der Waals surface area contributed by atoms with Gasteiger partial charge >= 0.3 is 0 Å². The Morgan fingerprint density at radius 1 is 1.10 bits per heavy atom. The van der Waals surface area contributed by atoms with Crippen molar-refractivity contribution in [1.82, 2.24) is 10.2 Å². The monoisotopic (exact) mass is 285 g/mol. The zero-order valence-electron chi connectivity index (χ0n) is 13.6. The Bertz CT molecular complexity index is 636. The fourth-order valence-corrected chi connectivity index (χ4v) is 2.37. The highest BCUT2D eigenvalue weighted by molar-refractivity contribution is 5.80. The van der Waals surface area contributed by atoms with Crippen molar-refractivity contribution in [3.8, 4) is 16.9 Å². The number of benzene rings is 1. The summed E-state index contributed by atoms with van der Waals surface area (Å²) in [5.41, 5.74) is 4.59. The van der Waals surface area contributed by atoms with Crippen LogP contribution in [0.4, 0.5) is 5.82 Å². The lowest BCUT2D eigenvalue weighted by Gasteiger charge is -2.19. The van der Waals surface area contributed by atoms with Crippen molar-refractivity contribution >= 4 is 5.82 Å². The number of aromatic nitrogens is 2. The Morgan fingerprint density at radius 2 is 1.81 bits per heavy atom. The highest BCUT2D eigenvalue weighted by atomic mass is 16.5. The van der Waals surface area contributed by atoms with Gasteiger partial charge in [-0.05, 0) is 56.5 Å². The Kier molecular flexibility index (Phi) is 4.46. The molecule has 0 bridgehead atoms. The molecule has 0 amide bonds. The fraction of sp³-hybridized carbons (Fsp3) is 0.412. The average Bonchev–Trinajstić information content (AvgIpc) is 2.38. The molecule has 0 unspecified atom stereocenters. The van der Waals surface area contributed by atoms with E-state index in [4.69, 9.17) is 4.74 Å². The minimum Gasteiger partial charge on any atom is -0.491 e. The lowest BCUT2D eigenvalue weighted by molar-refractivity contribution is 0.242. The average molecular weight is 285 g/mol. The maximum atomic E-state index is 5.76. The van der Waals surface area contributed by atoms with E-state index in [-0.39, 0.29) is 6.10 Å². The van der Waals surface area contributed by atoms with Gasteiger partial charge in [0.2, 0.25) is 0 Å². The number of aryl methyl sites for hydroxylation is 2. The first-order valence-corrected chi connectivity index (χ1v) is 7.17.